The van der Waals surface area contributed by atoms with Gasteiger partial charge in [0.1, 0.15) is 0 Å². The molecule has 2 aliphatic rings. The highest BCUT2D eigenvalue weighted by Crippen LogP contribution is 2.34. The van der Waals surface area contributed by atoms with Gasteiger partial charge in [0, 0.05) is 35.7 Å². The number of nitrogens with zero attached hydrogens (tertiary/aromatic N) is 2. The van der Waals surface area contributed by atoms with Crippen LogP contribution in [0.1, 0.15) is 24.5 Å². The van der Waals surface area contributed by atoms with Crippen LogP contribution < -0.4 is 4.90 Å². The Kier molecular flexibility index (Phi) is 6.29. The quantitative estimate of drug-likeness (QED) is 0.641. The molecule has 2 aliphatic heterocycles. The molecular weight excluding hydrogens is 468 g/mol. The van der Waals surface area contributed by atoms with Crippen molar-refractivity contribution in [1.82, 2.24) is 4.31 Å². The zero-order valence-electron chi connectivity index (χ0n) is 16.9. The number of ether oxygens (including phenoxy) is 1. The molecule has 0 bridgehead atoms. The van der Waals surface area contributed by atoms with Crippen LogP contribution in [0, 0.1) is 0 Å². The maximum Gasteiger partial charge on any atom is 0.243 e. The van der Waals surface area contributed by atoms with Crippen molar-refractivity contribution >= 4 is 37.5 Å². The minimum atomic E-state index is -3.49. The van der Waals surface area contributed by atoms with E-state index in [0.717, 1.165) is 22.1 Å². The predicted octanol–water partition coefficient (Wildman–Crippen LogP) is 3.38. The summed E-state index contributed by atoms with van der Waals surface area (Å²) in [6, 6.07) is 13.1. The fraction of sp³-hybridized carbons (Fsp3) is 0.409. The molecule has 1 saturated heterocycles. The van der Waals surface area contributed by atoms with Crippen LogP contribution in [0.4, 0.5) is 5.69 Å². The molecule has 160 valence electrons. The SMILES string of the molecule is C[C@@H]1Cc2cc(Br)ccc2N1C(=O)CCc1ccc(S(=O)(=O)N2CCOCC2)cc1. The van der Waals surface area contributed by atoms with E-state index in [1.807, 2.05) is 17.0 Å². The summed E-state index contributed by atoms with van der Waals surface area (Å²) in [5, 5.41) is 0. The van der Waals surface area contributed by atoms with Gasteiger partial charge in [-0.05, 0) is 61.2 Å². The van der Waals surface area contributed by atoms with Crippen molar-refractivity contribution in [2.45, 2.75) is 37.1 Å². The van der Waals surface area contributed by atoms with Gasteiger partial charge in [-0.25, -0.2) is 8.42 Å². The summed E-state index contributed by atoms with van der Waals surface area (Å²) >= 11 is 3.49. The van der Waals surface area contributed by atoms with E-state index in [1.54, 1.807) is 24.3 Å². The van der Waals surface area contributed by atoms with Crippen LogP contribution in [-0.4, -0.2) is 51.0 Å². The van der Waals surface area contributed by atoms with Gasteiger partial charge in [-0.1, -0.05) is 28.1 Å². The van der Waals surface area contributed by atoms with Crippen molar-refractivity contribution in [2.75, 3.05) is 31.2 Å². The molecule has 0 aliphatic carbocycles. The molecule has 2 heterocycles. The molecule has 8 heteroatoms. The summed E-state index contributed by atoms with van der Waals surface area (Å²) in [5.74, 6) is 0.0913. The van der Waals surface area contributed by atoms with Gasteiger partial charge in [-0.3, -0.25) is 4.79 Å². The Balaban J connectivity index is 1.40. The molecular formula is C22H25BrN2O4S. The number of halogens is 1. The Morgan fingerprint density at radius 3 is 2.53 bits per heavy atom. The first-order chi connectivity index (χ1) is 14.4. The van der Waals surface area contributed by atoms with Gasteiger partial charge < -0.3 is 9.64 Å². The number of aryl methyl sites for hydroxylation is 1. The molecule has 2 aromatic carbocycles. The molecule has 30 heavy (non-hydrogen) atoms. The second-order valence-electron chi connectivity index (χ2n) is 7.75. The zero-order valence-corrected chi connectivity index (χ0v) is 19.3. The van der Waals surface area contributed by atoms with Gasteiger partial charge in [0.05, 0.1) is 18.1 Å². The van der Waals surface area contributed by atoms with Crippen molar-refractivity contribution in [3.63, 3.8) is 0 Å². The molecule has 4 rings (SSSR count). The van der Waals surface area contributed by atoms with Crippen LogP contribution in [0.15, 0.2) is 51.8 Å². The average molecular weight is 493 g/mol. The first-order valence-electron chi connectivity index (χ1n) is 10.1. The monoisotopic (exact) mass is 492 g/mol. The van der Waals surface area contributed by atoms with Crippen molar-refractivity contribution < 1.29 is 17.9 Å². The third-order valence-electron chi connectivity index (χ3n) is 5.68. The summed E-state index contributed by atoms with van der Waals surface area (Å²) in [5.41, 5.74) is 3.12. The fourth-order valence-electron chi connectivity index (χ4n) is 4.12. The maximum atomic E-state index is 12.9. The van der Waals surface area contributed by atoms with E-state index in [-0.39, 0.29) is 16.8 Å². The van der Waals surface area contributed by atoms with Crippen LogP contribution in [0.25, 0.3) is 0 Å². The number of rotatable bonds is 5. The highest BCUT2D eigenvalue weighted by molar-refractivity contribution is 9.10. The molecule has 0 N–H and O–H groups in total. The van der Waals surface area contributed by atoms with E-state index in [9.17, 15) is 13.2 Å². The topological polar surface area (TPSA) is 66.9 Å². The zero-order chi connectivity index (χ0) is 21.3. The Labute approximate surface area is 186 Å². The summed E-state index contributed by atoms with van der Waals surface area (Å²) in [7, 11) is -3.49. The number of anilines is 1. The van der Waals surface area contributed by atoms with Crippen LogP contribution in [0.3, 0.4) is 0 Å². The molecule has 1 atom stereocenters. The highest BCUT2D eigenvalue weighted by Gasteiger charge is 2.30. The molecule has 1 amide bonds. The minimum absolute atomic E-state index is 0.0913. The molecule has 0 unspecified atom stereocenters. The van der Waals surface area contributed by atoms with Crippen LogP contribution in [0.2, 0.25) is 0 Å². The minimum Gasteiger partial charge on any atom is -0.379 e. The van der Waals surface area contributed by atoms with Crippen LogP contribution >= 0.6 is 15.9 Å². The highest BCUT2D eigenvalue weighted by atomic mass is 79.9. The summed E-state index contributed by atoms with van der Waals surface area (Å²) in [6.45, 7) is 3.68. The number of carbonyl (C=O) groups excluding carboxylic acids is 1. The van der Waals surface area contributed by atoms with Gasteiger partial charge in [0.2, 0.25) is 15.9 Å². The second-order valence-corrected chi connectivity index (χ2v) is 10.6. The number of benzene rings is 2. The van der Waals surface area contributed by atoms with Crippen molar-refractivity contribution in [3.05, 3.63) is 58.1 Å². The van der Waals surface area contributed by atoms with Crippen molar-refractivity contribution in [1.29, 1.82) is 0 Å². The molecule has 0 saturated carbocycles. The molecule has 0 radical (unpaired) electrons. The largest absolute Gasteiger partial charge is 0.379 e. The molecule has 0 aromatic heterocycles. The third kappa shape index (κ3) is 4.32. The maximum absolute atomic E-state index is 12.9. The second kappa shape index (κ2) is 8.78. The van der Waals surface area contributed by atoms with Gasteiger partial charge in [0.25, 0.3) is 0 Å². The van der Waals surface area contributed by atoms with E-state index in [2.05, 4.69) is 28.9 Å². The van der Waals surface area contributed by atoms with Gasteiger partial charge in [-0.15, -0.1) is 0 Å². The van der Waals surface area contributed by atoms with Crippen molar-refractivity contribution in [3.8, 4) is 0 Å². The first kappa shape index (κ1) is 21.5. The normalized spacial score (nSPS) is 19.7. The average Bonchev–Trinajstić information content (AvgIpc) is 3.07. The lowest BCUT2D eigenvalue weighted by Crippen LogP contribution is -2.40. The third-order valence-corrected chi connectivity index (χ3v) is 8.09. The lowest BCUT2D eigenvalue weighted by Gasteiger charge is -2.26. The molecule has 6 nitrogen and oxygen atoms in total. The number of fused-ring (bicyclic) bond motifs is 1. The molecule has 1 fully saturated rings. The summed E-state index contributed by atoms with van der Waals surface area (Å²) in [4.78, 5) is 15.1. The van der Waals surface area contributed by atoms with E-state index >= 15 is 0 Å². The van der Waals surface area contributed by atoms with Crippen LogP contribution in [0.5, 0.6) is 0 Å². The number of morpholine rings is 1. The Hall–Kier alpha value is -1.74. The Bertz CT molecular complexity index is 1030. The lowest BCUT2D eigenvalue weighted by molar-refractivity contribution is -0.118. The molecule has 0 spiro atoms. The fourth-order valence-corrected chi connectivity index (χ4v) is 5.93. The summed E-state index contributed by atoms with van der Waals surface area (Å²) in [6.07, 6.45) is 1.82. The number of carbonyl (C=O) groups is 1. The van der Waals surface area contributed by atoms with Crippen LogP contribution in [-0.2, 0) is 32.4 Å². The van der Waals surface area contributed by atoms with Gasteiger partial charge in [-0.2, -0.15) is 4.31 Å². The standard InChI is InChI=1S/C22H25BrN2O4S/c1-16-14-18-15-19(23)5-8-21(18)25(16)22(26)9-4-17-2-6-20(7-3-17)30(27,28)24-10-12-29-13-11-24/h2-3,5-8,15-16H,4,9-14H2,1H3/t16-/m1/s1. The van der Waals surface area contributed by atoms with Gasteiger partial charge >= 0.3 is 0 Å². The van der Waals surface area contributed by atoms with E-state index < -0.39 is 10.0 Å². The van der Waals surface area contributed by atoms with Gasteiger partial charge in [0.15, 0.2) is 0 Å². The smallest absolute Gasteiger partial charge is 0.243 e. The Morgan fingerprint density at radius 2 is 1.83 bits per heavy atom. The van der Waals surface area contributed by atoms with E-state index in [4.69, 9.17) is 4.74 Å². The van der Waals surface area contributed by atoms with E-state index in [1.165, 1.54) is 9.87 Å². The number of sulfonamides is 1. The number of hydrogen-bond acceptors (Lipinski definition) is 4. The lowest BCUT2D eigenvalue weighted by atomic mass is 10.1. The van der Waals surface area contributed by atoms with E-state index in [0.29, 0.717) is 39.1 Å². The number of hydrogen-bond donors (Lipinski definition) is 0. The Morgan fingerprint density at radius 1 is 1.13 bits per heavy atom. The first-order valence-corrected chi connectivity index (χ1v) is 12.4. The molecule has 2 aromatic rings. The van der Waals surface area contributed by atoms with Crippen molar-refractivity contribution in [2.24, 2.45) is 0 Å². The number of amides is 1. The summed E-state index contributed by atoms with van der Waals surface area (Å²) < 4.78 is 33.2. The predicted molar refractivity (Wildman–Crippen MR) is 119 cm³/mol.